The fourth-order valence-electron chi connectivity index (χ4n) is 2.83. The lowest BCUT2D eigenvalue weighted by Gasteiger charge is -2.13. The van der Waals surface area contributed by atoms with E-state index in [1.165, 1.54) is 18.2 Å². The normalized spacial score (nSPS) is 10.3. The molecule has 0 heterocycles. The van der Waals surface area contributed by atoms with Gasteiger partial charge in [-0.1, -0.05) is 36.4 Å². The number of methoxy groups -OCH3 is 1. The quantitative estimate of drug-likeness (QED) is 0.477. The zero-order valence-corrected chi connectivity index (χ0v) is 17.0. The van der Waals surface area contributed by atoms with Crippen LogP contribution in [0, 0.1) is 11.6 Å². The van der Waals surface area contributed by atoms with Crippen LogP contribution >= 0.6 is 12.4 Å². The molecule has 29 heavy (non-hydrogen) atoms. The number of hydrogen-bond donors (Lipinski definition) is 1. The second-order valence-corrected chi connectivity index (χ2v) is 6.42. The standard InChI is InChI=1S/C23H23F2NO2.ClH/c1-27-23-14-18(15-26-13-12-17-6-9-20(24)10-7-17)8-11-22(23)28-16-19-4-2-3-5-21(19)25;/h2-11,14,26H,12-13,15-16H2,1H3;1H. The zero-order valence-electron chi connectivity index (χ0n) is 16.2. The van der Waals surface area contributed by atoms with Crippen molar-refractivity contribution in [3.63, 3.8) is 0 Å². The molecule has 0 saturated carbocycles. The summed E-state index contributed by atoms with van der Waals surface area (Å²) in [6.45, 7) is 1.59. The number of hydrogen-bond acceptors (Lipinski definition) is 3. The van der Waals surface area contributed by atoms with Crippen LogP contribution in [0.25, 0.3) is 0 Å². The van der Waals surface area contributed by atoms with Gasteiger partial charge in [0.05, 0.1) is 7.11 Å². The van der Waals surface area contributed by atoms with Gasteiger partial charge in [-0.15, -0.1) is 12.4 Å². The van der Waals surface area contributed by atoms with Crippen molar-refractivity contribution in [1.82, 2.24) is 5.32 Å². The number of halogens is 3. The molecule has 0 aromatic heterocycles. The van der Waals surface area contributed by atoms with Crippen molar-refractivity contribution >= 4 is 12.4 Å². The first-order chi connectivity index (χ1) is 13.7. The van der Waals surface area contributed by atoms with E-state index in [9.17, 15) is 8.78 Å². The summed E-state index contributed by atoms with van der Waals surface area (Å²) in [5.74, 6) is 0.666. The first kappa shape index (κ1) is 22.7. The highest BCUT2D eigenvalue weighted by atomic mass is 35.5. The molecule has 0 aliphatic rings. The Hall–Kier alpha value is -2.63. The summed E-state index contributed by atoms with van der Waals surface area (Å²) in [4.78, 5) is 0. The molecule has 0 fully saturated rings. The van der Waals surface area contributed by atoms with E-state index in [4.69, 9.17) is 9.47 Å². The topological polar surface area (TPSA) is 30.5 Å². The highest BCUT2D eigenvalue weighted by Crippen LogP contribution is 2.29. The molecule has 3 aromatic carbocycles. The van der Waals surface area contributed by atoms with E-state index in [1.54, 1.807) is 37.4 Å². The Bertz CT molecular complexity index is 904. The fraction of sp³-hybridized carbons (Fsp3) is 0.217. The van der Waals surface area contributed by atoms with E-state index in [0.29, 0.717) is 23.6 Å². The van der Waals surface area contributed by atoms with Crippen LogP contribution in [0.5, 0.6) is 11.5 Å². The summed E-state index contributed by atoms with van der Waals surface area (Å²) >= 11 is 0. The van der Waals surface area contributed by atoms with Gasteiger partial charge in [0.15, 0.2) is 11.5 Å². The monoisotopic (exact) mass is 419 g/mol. The van der Waals surface area contributed by atoms with Crippen LogP contribution in [-0.2, 0) is 19.6 Å². The summed E-state index contributed by atoms with van der Waals surface area (Å²) in [7, 11) is 1.58. The summed E-state index contributed by atoms with van der Waals surface area (Å²) in [5.41, 5.74) is 2.63. The van der Waals surface area contributed by atoms with Gasteiger partial charge < -0.3 is 14.8 Å². The molecule has 154 valence electrons. The fourth-order valence-corrected chi connectivity index (χ4v) is 2.83. The van der Waals surface area contributed by atoms with Crippen LogP contribution < -0.4 is 14.8 Å². The van der Waals surface area contributed by atoms with E-state index in [0.717, 1.165) is 24.1 Å². The first-order valence-electron chi connectivity index (χ1n) is 9.14. The molecular formula is C23H24ClF2NO2. The molecule has 0 saturated heterocycles. The molecule has 0 aliphatic carbocycles. The molecule has 3 rings (SSSR count). The van der Waals surface area contributed by atoms with Crippen LogP contribution in [-0.4, -0.2) is 13.7 Å². The molecule has 6 heteroatoms. The van der Waals surface area contributed by atoms with Crippen molar-refractivity contribution in [1.29, 1.82) is 0 Å². The second-order valence-electron chi connectivity index (χ2n) is 6.42. The molecule has 3 nitrogen and oxygen atoms in total. The van der Waals surface area contributed by atoms with Crippen LogP contribution in [0.3, 0.4) is 0 Å². The lowest BCUT2D eigenvalue weighted by atomic mass is 10.1. The third-order valence-corrected chi connectivity index (χ3v) is 4.40. The minimum absolute atomic E-state index is 0. The first-order valence-corrected chi connectivity index (χ1v) is 9.14. The minimum Gasteiger partial charge on any atom is -0.493 e. The Kier molecular flexibility index (Phi) is 8.90. The molecule has 0 unspecified atom stereocenters. The van der Waals surface area contributed by atoms with Gasteiger partial charge in [-0.25, -0.2) is 8.78 Å². The third-order valence-electron chi connectivity index (χ3n) is 4.40. The molecule has 1 N–H and O–H groups in total. The lowest BCUT2D eigenvalue weighted by Crippen LogP contribution is -2.16. The molecular weight excluding hydrogens is 396 g/mol. The molecule has 3 aromatic rings. The Morgan fingerprint density at radius 2 is 1.59 bits per heavy atom. The van der Waals surface area contributed by atoms with Crippen LogP contribution in [0.2, 0.25) is 0 Å². The van der Waals surface area contributed by atoms with Gasteiger partial charge in [-0.3, -0.25) is 0 Å². The van der Waals surface area contributed by atoms with Crippen molar-refractivity contribution in [2.24, 2.45) is 0 Å². The van der Waals surface area contributed by atoms with Gasteiger partial charge in [0.2, 0.25) is 0 Å². The predicted octanol–water partition coefficient (Wildman–Crippen LogP) is 5.31. The van der Waals surface area contributed by atoms with E-state index in [-0.39, 0.29) is 30.6 Å². The summed E-state index contributed by atoms with van der Waals surface area (Å²) in [6.07, 6.45) is 0.821. The highest BCUT2D eigenvalue weighted by molar-refractivity contribution is 5.85. The van der Waals surface area contributed by atoms with Gasteiger partial charge in [0.1, 0.15) is 18.2 Å². The summed E-state index contributed by atoms with van der Waals surface area (Å²) < 4.78 is 37.8. The van der Waals surface area contributed by atoms with Crippen molar-refractivity contribution in [3.05, 3.63) is 95.1 Å². The molecule has 0 amide bonds. The Labute approximate surface area is 176 Å². The Balaban J connectivity index is 0.00000300. The molecule has 0 aliphatic heterocycles. The second kappa shape index (κ2) is 11.4. The van der Waals surface area contributed by atoms with Gasteiger partial charge in [-0.05, 0) is 54.4 Å². The lowest BCUT2D eigenvalue weighted by molar-refractivity contribution is 0.279. The zero-order chi connectivity index (χ0) is 19.8. The number of benzene rings is 3. The van der Waals surface area contributed by atoms with Crippen molar-refractivity contribution in [3.8, 4) is 11.5 Å². The molecule has 0 spiro atoms. The van der Waals surface area contributed by atoms with Crippen molar-refractivity contribution < 1.29 is 18.3 Å². The molecule has 0 atom stereocenters. The van der Waals surface area contributed by atoms with E-state index >= 15 is 0 Å². The van der Waals surface area contributed by atoms with Gasteiger partial charge in [0.25, 0.3) is 0 Å². The smallest absolute Gasteiger partial charge is 0.161 e. The van der Waals surface area contributed by atoms with E-state index < -0.39 is 0 Å². The predicted molar refractivity (Wildman–Crippen MR) is 113 cm³/mol. The minimum atomic E-state index is -0.288. The maximum Gasteiger partial charge on any atom is 0.161 e. The average molecular weight is 420 g/mol. The number of nitrogens with one attached hydrogen (secondary N) is 1. The van der Waals surface area contributed by atoms with Gasteiger partial charge in [-0.2, -0.15) is 0 Å². The SMILES string of the molecule is COc1cc(CNCCc2ccc(F)cc2)ccc1OCc1ccccc1F.Cl. The average Bonchev–Trinajstić information content (AvgIpc) is 2.72. The molecule has 0 radical (unpaired) electrons. The Morgan fingerprint density at radius 1 is 0.862 bits per heavy atom. The third kappa shape index (κ3) is 6.73. The number of ether oxygens (including phenoxy) is 2. The van der Waals surface area contributed by atoms with Crippen LogP contribution in [0.4, 0.5) is 8.78 Å². The maximum atomic E-state index is 13.7. The largest absolute Gasteiger partial charge is 0.493 e. The van der Waals surface area contributed by atoms with Crippen LogP contribution in [0.1, 0.15) is 16.7 Å². The van der Waals surface area contributed by atoms with E-state index in [2.05, 4.69) is 5.32 Å². The van der Waals surface area contributed by atoms with Crippen molar-refractivity contribution in [2.75, 3.05) is 13.7 Å². The van der Waals surface area contributed by atoms with Crippen LogP contribution in [0.15, 0.2) is 66.7 Å². The highest BCUT2D eigenvalue weighted by Gasteiger charge is 2.08. The number of rotatable bonds is 9. The van der Waals surface area contributed by atoms with Gasteiger partial charge in [0, 0.05) is 12.1 Å². The molecule has 0 bridgehead atoms. The Morgan fingerprint density at radius 3 is 2.31 bits per heavy atom. The maximum absolute atomic E-state index is 13.7. The summed E-state index contributed by atoms with van der Waals surface area (Å²) in [5, 5.41) is 3.36. The summed E-state index contributed by atoms with van der Waals surface area (Å²) in [6, 6.07) is 18.8. The van der Waals surface area contributed by atoms with E-state index in [1.807, 2.05) is 18.2 Å². The van der Waals surface area contributed by atoms with Gasteiger partial charge >= 0.3 is 0 Å². The van der Waals surface area contributed by atoms with Crippen molar-refractivity contribution in [2.45, 2.75) is 19.6 Å².